The summed E-state index contributed by atoms with van der Waals surface area (Å²) in [6, 6.07) is 4.15. The minimum Gasteiger partial charge on any atom is -0.481 e. The van der Waals surface area contributed by atoms with Crippen molar-refractivity contribution >= 4 is 18.4 Å². The standard InChI is InChI=1S/C12H13BFN3O3/c1-7(10-3-2-9(14)6-16-10)20-11-4-8(13(18)19)5-17-12(11)15/h2-7,18-19H,1H3,(H2,15,17). The Balaban J connectivity index is 2.20. The first-order valence-corrected chi connectivity index (χ1v) is 5.87. The van der Waals surface area contributed by atoms with Gasteiger partial charge in [-0.05, 0) is 25.1 Å². The molecule has 2 aromatic heterocycles. The van der Waals surface area contributed by atoms with E-state index in [-0.39, 0.29) is 17.0 Å². The number of aromatic nitrogens is 2. The van der Waals surface area contributed by atoms with Crippen LogP contribution in [0.4, 0.5) is 10.2 Å². The minimum atomic E-state index is -1.66. The van der Waals surface area contributed by atoms with E-state index in [9.17, 15) is 4.39 Å². The van der Waals surface area contributed by atoms with Crippen molar-refractivity contribution in [1.82, 2.24) is 9.97 Å². The molecular formula is C12H13BFN3O3. The molecule has 0 aliphatic heterocycles. The zero-order valence-corrected chi connectivity index (χ0v) is 10.7. The largest absolute Gasteiger partial charge is 0.490 e. The number of hydrogen-bond acceptors (Lipinski definition) is 6. The molecule has 4 N–H and O–H groups in total. The van der Waals surface area contributed by atoms with Crippen molar-refractivity contribution in [2.45, 2.75) is 13.0 Å². The van der Waals surface area contributed by atoms with E-state index in [2.05, 4.69) is 9.97 Å². The van der Waals surface area contributed by atoms with Gasteiger partial charge in [0.2, 0.25) is 0 Å². The van der Waals surface area contributed by atoms with Gasteiger partial charge in [0.15, 0.2) is 11.6 Å². The Labute approximate surface area is 115 Å². The molecule has 0 saturated heterocycles. The molecule has 8 heteroatoms. The zero-order valence-electron chi connectivity index (χ0n) is 10.7. The smallest absolute Gasteiger partial charge is 0.481 e. The minimum absolute atomic E-state index is 0.114. The molecule has 2 heterocycles. The first-order chi connectivity index (χ1) is 9.47. The van der Waals surface area contributed by atoms with Crippen LogP contribution in [0.3, 0.4) is 0 Å². The zero-order chi connectivity index (χ0) is 14.7. The van der Waals surface area contributed by atoms with Gasteiger partial charge in [-0.3, -0.25) is 4.98 Å². The lowest BCUT2D eigenvalue weighted by Gasteiger charge is -2.16. The van der Waals surface area contributed by atoms with Gasteiger partial charge in [0, 0.05) is 11.7 Å². The molecule has 0 spiro atoms. The van der Waals surface area contributed by atoms with Crippen LogP contribution in [0.2, 0.25) is 0 Å². The van der Waals surface area contributed by atoms with Crippen LogP contribution in [0, 0.1) is 5.82 Å². The van der Waals surface area contributed by atoms with Crippen LogP contribution < -0.4 is 15.9 Å². The third-order valence-corrected chi connectivity index (χ3v) is 2.67. The second-order valence-corrected chi connectivity index (χ2v) is 4.19. The summed E-state index contributed by atoms with van der Waals surface area (Å²) in [5.41, 5.74) is 6.34. The van der Waals surface area contributed by atoms with E-state index in [4.69, 9.17) is 20.5 Å². The van der Waals surface area contributed by atoms with Crippen LogP contribution in [-0.4, -0.2) is 27.1 Å². The average Bonchev–Trinajstić information content (AvgIpc) is 2.41. The maximum absolute atomic E-state index is 12.8. The molecule has 104 valence electrons. The number of nitrogens with zero attached hydrogens (tertiary/aromatic N) is 2. The normalized spacial score (nSPS) is 12.0. The van der Waals surface area contributed by atoms with Gasteiger partial charge in [0.1, 0.15) is 11.9 Å². The Kier molecular flexibility index (Phi) is 4.16. The van der Waals surface area contributed by atoms with E-state index in [1.807, 2.05) is 0 Å². The molecule has 2 aromatic rings. The Morgan fingerprint density at radius 1 is 1.30 bits per heavy atom. The summed E-state index contributed by atoms with van der Waals surface area (Å²) in [7, 11) is -1.66. The van der Waals surface area contributed by atoms with Gasteiger partial charge >= 0.3 is 7.12 Å². The number of rotatable bonds is 4. The Bertz CT molecular complexity index is 595. The molecule has 0 saturated carbocycles. The number of nitrogen functional groups attached to an aromatic ring is 1. The molecule has 2 rings (SSSR count). The number of anilines is 1. The van der Waals surface area contributed by atoms with Crippen molar-refractivity contribution < 1.29 is 19.2 Å². The van der Waals surface area contributed by atoms with Crippen LogP contribution in [-0.2, 0) is 0 Å². The van der Waals surface area contributed by atoms with Gasteiger partial charge in [0.25, 0.3) is 0 Å². The molecule has 20 heavy (non-hydrogen) atoms. The van der Waals surface area contributed by atoms with Gasteiger partial charge in [-0.25, -0.2) is 9.37 Å². The van der Waals surface area contributed by atoms with E-state index in [0.717, 1.165) is 6.20 Å². The molecular weight excluding hydrogens is 264 g/mol. The molecule has 6 nitrogen and oxygen atoms in total. The van der Waals surface area contributed by atoms with Crippen LogP contribution in [0.5, 0.6) is 5.75 Å². The van der Waals surface area contributed by atoms with Crippen LogP contribution in [0.25, 0.3) is 0 Å². The van der Waals surface area contributed by atoms with Crippen molar-refractivity contribution in [1.29, 1.82) is 0 Å². The number of ether oxygens (including phenoxy) is 1. The van der Waals surface area contributed by atoms with E-state index < -0.39 is 19.0 Å². The molecule has 0 bridgehead atoms. The Morgan fingerprint density at radius 3 is 2.65 bits per heavy atom. The number of hydrogen-bond donors (Lipinski definition) is 3. The van der Waals surface area contributed by atoms with Crippen molar-refractivity contribution in [3.05, 3.63) is 42.1 Å². The van der Waals surface area contributed by atoms with Gasteiger partial charge in [0.05, 0.1) is 11.9 Å². The quantitative estimate of drug-likeness (QED) is 0.681. The summed E-state index contributed by atoms with van der Waals surface area (Å²) in [6.45, 7) is 1.71. The first-order valence-electron chi connectivity index (χ1n) is 5.87. The predicted octanol–water partition coefficient (Wildman–Crippen LogP) is 0.0177. The Hall–Kier alpha value is -2.19. The van der Waals surface area contributed by atoms with Gasteiger partial charge in [-0.1, -0.05) is 0 Å². The lowest BCUT2D eigenvalue weighted by atomic mass is 9.81. The molecule has 1 unspecified atom stereocenters. The monoisotopic (exact) mass is 277 g/mol. The number of halogens is 1. The number of nitrogens with two attached hydrogens (primary N) is 1. The second kappa shape index (κ2) is 5.85. The lowest BCUT2D eigenvalue weighted by Crippen LogP contribution is -2.30. The van der Waals surface area contributed by atoms with Gasteiger partial charge < -0.3 is 20.5 Å². The van der Waals surface area contributed by atoms with Crippen LogP contribution >= 0.6 is 0 Å². The summed E-state index contributed by atoms with van der Waals surface area (Å²) >= 11 is 0. The predicted molar refractivity (Wildman–Crippen MR) is 71.7 cm³/mol. The highest BCUT2D eigenvalue weighted by Crippen LogP contribution is 2.23. The average molecular weight is 277 g/mol. The summed E-state index contributed by atoms with van der Waals surface area (Å²) < 4.78 is 18.4. The molecule has 0 aliphatic rings. The maximum Gasteiger partial charge on any atom is 0.490 e. The SMILES string of the molecule is CC(Oc1cc(B(O)O)cnc1N)c1ccc(F)cn1. The maximum atomic E-state index is 12.8. The van der Waals surface area contributed by atoms with E-state index in [0.29, 0.717) is 5.69 Å². The van der Waals surface area contributed by atoms with E-state index >= 15 is 0 Å². The fourth-order valence-electron chi connectivity index (χ4n) is 1.58. The van der Waals surface area contributed by atoms with Crippen molar-refractivity contribution in [2.75, 3.05) is 5.73 Å². The highest BCUT2D eigenvalue weighted by atomic mass is 19.1. The van der Waals surface area contributed by atoms with Crippen molar-refractivity contribution in [3.63, 3.8) is 0 Å². The van der Waals surface area contributed by atoms with Crippen LogP contribution in [0.1, 0.15) is 18.7 Å². The molecule has 1 atom stereocenters. The summed E-state index contributed by atoms with van der Waals surface area (Å²) in [4.78, 5) is 7.72. The summed E-state index contributed by atoms with van der Waals surface area (Å²) in [6.07, 6.45) is 1.84. The molecule has 0 amide bonds. The topological polar surface area (TPSA) is 101 Å². The highest BCUT2D eigenvalue weighted by molar-refractivity contribution is 6.58. The summed E-state index contributed by atoms with van der Waals surface area (Å²) in [5.74, 6) is -0.120. The van der Waals surface area contributed by atoms with Crippen molar-refractivity contribution in [3.8, 4) is 5.75 Å². The molecule has 0 fully saturated rings. The lowest BCUT2D eigenvalue weighted by molar-refractivity contribution is 0.222. The van der Waals surface area contributed by atoms with Gasteiger partial charge in [-0.15, -0.1) is 0 Å². The molecule has 0 aromatic carbocycles. The van der Waals surface area contributed by atoms with Crippen LogP contribution in [0.15, 0.2) is 30.6 Å². The molecule has 0 aliphatic carbocycles. The fraction of sp³-hybridized carbons (Fsp3) is 0.167. The second-order valence-electron chi connectivity index (χ2n) is 4.19. The first kappa shape index (κ1) is 14.2. The van der Waals surface area contributed by atoms with E-state index in [1.165, 1.54) is 24.4 Å². The van der Waals surface area contributed by atoms with Gasteiger partial charge in [-0.2, -0.15) is 0 Å². The Morgan fingerprint density at radius 2 is 2.05 bits per heavy atom. The summed E-state index contributed by atoms with van der Waals surface area (Å²) in [5, 5.41) is 18.2. The highest BCUT2D eigenvalue weighted by Gasteiger charge is 2.17. The fourth-order valence-corrected chi connectivity index (χ4v) is 1.58. The third-order valence-electron chi connectivity index (χ3n) is 2.67. The van der Waals surface area contributed by atoms with E-state index in [1.54, 1.807) is 6.92 Å². The number of pyridine rings is 2. The third kappa shape index (κ3) is 3.22. The van der Waals surface area contributed by atoms with Crippen molar-refractivity contribution in [2.24, 2.45) is 0 Å². The molecule has 0 radical (unpaired) electrons.